The van der Waals surface area contributed by atoms with Crippen LogP contribution in [0.2, 0.25) is 0 Å². The second kappa shape index (κ2) is 10.3. The lowest BCUT2D eigenvalue weighted by Crippen LogP contribution is -2.44. The molecule has 4 aromatic rings. The van der Waals surface area contributed by atoms with Gasteiger partial charge < -0.3 is 10.1 Å². The van der Waals surface area contributed by atoms with Gasteiger partial charge in [-0.3, -0.25) is 9.69 Å². The number of hydrogen-bond donors (Lipinski definition) is 1. The third-order valence-electron chi connectivity index (χ3n) is 7.74. The molecule has 0 radical (unpaired) electrons. The van der Waals surface area contributed by atoms with Crippen molar-refractivity contribution < 1.29 is 13.9 Å². The van der Waals surface area contributed by atoms with Gasteiger partial charge in [-0.05, 0) is 86.7 Å². The van der Waals surface area contributed by atoms with Gasteiger partial charge in [0.25, 0.3) is 5.91 Å². The molecule has 2 heterocycles. The van der Waals surface area contributed by atoms with Gasteiger partial charge in [0.1, 0.15) is 17.9 Å². The molecule has 2 fully saturated rings. The van der Waals surface area contributed by atoms with Crippen molar-refractivity contribution in [1.29, 1.82) is 0 Å². The van der Waals surface area contributed by atoms with Crippen molar-refractivity contribution in [3.05, 3.63) is 108 Å². The SMILES string of the molecule is O=C(c1cc(F)ccc1Oc1cncnc1C1CC2(CCNCC2)C1)N(c1ccccc1)c1ccccc1. The lowest BCUT2D eigenvalue weighted by molar-refractivity contribution is 0.0577. The summed E-state index contributed by atoms with van der Waals surface area (Å²) in [7, 11) is 0. The van der Waals surface area contributed by atoms with E-state index in [1.807, 2.05) is 60.7 Å². The monoisotopic (exact) mass is 508 g/mol. The van der Waals surface area contributed by atoms with E-state index >= 15 is 0 Å². The zero-order valence-electron chi connectivity index (χ0n) is 21.0. The first-order chi connectivity index (χ1) is 18.6. The van der Waals surface area contributed by atoms with Crippen LogP contribution in [0.4, 0.5) is 15.8 Å². The molecule has 2 aliphatic rings. The van der Waals surface area contributed by atoms with Gasteiger partial charge in [0.05, 0.1) is 17.5 Å². The highest BCUT2D eigenvalue weighted by Gasteiger charge is 2.46. The number of carbonyl (C=O) groups excluding carboxylic acids is 1. The minimum absolute atomic E-state index is 0.121. The van der Waals surface area contributed by atoms with Crippen molar-refractivity contribution in [2.45, 2.75) is 31.6 Å². The molecule has 1 amide bonds. The number of para-hydroxylation sites is 2. The van der Waals surface area contributed by atoms with Crippen molar-refractivity contribution in [3.8, 4) is 11.5 Å². The Morgan fingerprint density at radius 3 is 2.24 bits per heavy atom. The summed E-state index contributed by atoms with van der Waals surface area (Å²) >= 11 is 0. The molecule has 7 heteroatoms. The highest BCUT2D eigenvalue weighted by Crippen LogP contribution is 2.56. The number of carbonyl (C=O) groups is 1. The third kappa shape index (κ3) is 4.77. The summed E-state index contributed by atoms with van der Waals surface area (Å²) < 4.78 is 20.9. The van der Waals surface area contributed by atoms with E-state index < -0.39 is 11.7 Å². The molecule has 1 saturated carbocycles. The largest absolute Gasteiger partial charge is 0.453 e. The number of benzene rings is 3. The number of ether oxygens (including phenoxy) is 1. The van der Waals surface area contributed by atoms with Gasteiger partial charge in [-0.25, -0.2) is 14.4 Å². The lowest BCUT2D eigenvalue weighted by Gasteiger charge is -2.50. The van der Waals surface area contributed by atoms with Crippen LogP contribution in [0.3, 0.4) is 0 Å². The number of rotatable bonds is 6. The molecule has 1 spiro atoms. The fourth-order valence-corrected chi connectivity index (χ4v) is 5.79. The summed E-state index contributed by atoms with van der Waals surface area (Å²) in [6.45, 7) is 2.11. The zero-order chi connectivity index (χ0) is 26.0. The van der Waals surface area contributed by atoms with E-state index in [-0.39, 0.29) is 17.2 Å². The van der Waals surface area contributed by atoms with Gasteiger partial charge >= 0.3 is 0 Å². The van der Waals surface area contributed by atoms with E-state index in [2.05, 4.69) is 15.3 Å². The number of nitrogens with zero attached hydrogens (tertiary/aromatic N) is 3. The topological polar surface area (TPSA) is 67.3 Å². The first-order valence-electron chi connectivity index (χ1n) is 13.0. The van der Waals surface area contributed by atoms with Crippen molar-refractivity contribution >= 4 is 17.3 Å². The Morgan fingerprint density at radius 1 is 0.921 bits per heavy atom. The number of amides is 1. The van der Waals surface area contributed by atoms with Gasteiger partial charge in [-0.15, -0.1) is 0 Å². The molecule has 6 rings (SSSR count). The molecule has 1 aromatic heterocycles. The van der Waals surface area contributed by atoms with Crippen LogP contribution < -0.4 is 15.0 Å². The maximum Gasteiger partial charge on any atom is 0.266 e. The molecular formula is C31H29FN4O2. The van der Waals surface area contributed by atoms with Crippen molar-refractivity contribution in [2.24, 2.45) is 5.41 Å². The van der Waals surface area contributed by atoms with Crippen LogP contribution >= 0.6 is 0 Å². The fraction of sp³-hybridized carbons (Fsp3) is 0.258. The molecule has 192 valence electrons. The summed E-state index contributed by atoms with van der Waals surface area (Å²) in [6.07, 6.45) is 7.66. The van der Waals surface area contributed by atoms with Crippen molar-refractivity contribution in [2.75, 3.05) is 18.0 Å². The average molecular weight is 509 g/mol. The molecule has 1 aliphatic heterocycles. The highest BCUT2D eigenvalue weighted by molar-refractivity contribution is 6.12. The average Bonchev–Trinajstić information content (AvgIpc) is 2.95. The number of anilines is 2. The normalized spacial score (nSPS) is 16.6. The van der Waals surface area contributed by atoms with E-state index in [0.717, 1.165) is 31.6 Å². The molecule has 0 atom stereocenters. The van der Waals surface area contributed by atoms with Crippen molar-refractivity contribution in [3.63, 3.8) is 0 Å². The first kappa shape index (κ1) is 24.2. The first-order valence-corrected chi connectivity index (χ1v) is 13.0. The zero-order valence-corrected chi connectivity index (χ0v) is 21.0. The van der Waals surface area contributed by atoms with E-state index in [0.29, 0.717) is 22.5 Å². The summed E-state index contributed by atoms with van der Waals surface area (Å²) in [5, 5.41) is 3.44. The third-order valence-corrected chi connectivity index (χ3v) is 7.74. The van der Waals surface area contributed by atoms with E-state index in [1.165, 1.54) is 31.0 Å². The second-order valence-corrected chi connectivity index (χ2v) is 10.2. The number of nitrogens with one attached hydrogen (secondary N) is 1. The van der Waals surface area contributed by atoms with Gasteiger partial charge in [-0.1, -0.05) is 36.4 Å². The Balaban J connectivity index is 1.33. The lowest BCUT2D eigenvalue weighted by atomic mass is 9.57. The van der Waals surface area contributed by atoms with E-state index in [1.54, 1.807) is 17.4 Å². The Bertz CT molecular complexity index is 1380. The van der Waals surface area contributed by atoms with Gasteiger partial charge in [0, 0.05) is 17.3 Å². The molecule has 3 aromatic carbocycles. The summed E-state index contributed by atoms with van der Waals surface area (Å²) in [5.74, 6) is 0.134. The Kier molecular flexibility index (Phi) is 6.60. The minimum Gasteiger partial charge on any atom is -0.453 e. The number of hydrogen-bond acceptors (Lipinski definition) is 5. The maximum absolute atomic E-state index is 14.5. The number of piperidine rings is 1. The fourth-order valence-electron chi connectivity index (χ4n) is 5.79. The standard InChI is InChI=1S/C31H29FN4O2/c32-23-11-12-27(38-28-20-34-21-35-29(28)22-18-31(19-22)13-15-33-16-14-31)26(17-23)30(37)36(24-7-3-1-4-8-24)25-9-5-2-6-10-25/h1-12,17,20-22,33H,13-16,18-19H2. The minimum atomic E-state index is -0.516. The van der Waals surface area contributed by atoms with Gasteiger partial charge in [0.15, 0.2) is 5.75 Å². The molecular weight excluding hydrogens is 479 g/mol. The Morgan fingerprint density at radius 2 is 1.58 bits per heavy atom. The second-order valence-electron chi connectivity index (χ2n) is 10.2. The number of aromatic nitrogens is 2. The van der Waals surface area contributed by atoms with Crippen LogP contribution in [0.25, 0.3) is 0 Å². The predicted molar refractivity (Wildman–Crippen MR) is 144 cm³/mol. The highest BCUT2D eigenvalue weighted by atomic mass is 19.1. The van der Waals surface area contributed by atoms with Crippen LogP contribution in [0, 0.1) is 11.2 Å². The Hall–Kier alpha value is -4.10. The quantitative estimate of drug-likeness (QED) is 0.317. The predicted octanol–water partition coefficient (Wildman–Crippen LogP) is 6.63. The van der Waals surface area contributed by atoms with E-state index in [9.17, 15) is 9.18 Å². The number of halogens is 1. The van der Waals surface area contributed by atoms with Crippen LogP contribution in [0.5, 0.6) is 11.5 Å². The Labute approximate surface area is 221 Å². The van der Waals surface area contributed by atoms with Crippen molar-refractivity contribution in [1.82, 2.24) is 15.3 Å². The molecule has 6 nitrogen and oxygen atoms in total. The van der Waals surface area contributed by atoms with Crippen LogP contribution in [-0.2, 0) is 0 Å². The molecule has 0 unspecified atom stereocenters. The van der Waals surface area contributed by atoms with Crippen LogP contribution in [-0.4, -0.2) is 29.0 Å². The molecule has 38 heavy (non-hydrogen) atoms. The van der Waals surface area contributed by atoms with Gasteiger partial charge in [-0.2, -0.15) is 0 Å². The molecule has 1 aliphatic carbocycles. The van der Waals surface area contributed by atoms with E-state index in [4.69, 9.17) is 4.74 Å². The summed E-state index contributed by atoms with van der Waals surface area (Å²) in [5.41, 5.74) is 2.68. The van der Waals surface area contributed by atoms with Crippen LogP contribution in [0.15, 0.2) is 91.4 Å². The summed E-state index contributed by atoms with van der Waals surface area (Å²) in [4.78, 5) is 24.4. The smallest absolute Gasteiger partial charge is 0.266 e. The molecule has 0 bridgehead atoms. The molecule has 1 saturated heterocycles. The van der Waals surface area contributed by atoms with Crippen LogP contribution in [0.1, 0.15) is 47.7 Å². The molecule has 1 N–H and O–H groups in total. The maximum atomic E-state index is 14.5. The van der Waals surface area contributed by atoms with Gasteiger partial charge in [0.2, 0.25) is 0 Å². The summed E-state index contributed by atoms with van der Waals surface area (Å²) in [6, 6.07) is 22.7.